The van der Waals surface area contributed by atoms with Crippen molar-refractivity contribution in [1.29, 1.82) is 0 Å². The largest absolute Gasteiger partial charge is 0.393 e. The van der Waals surface area contributed by atoms with Crippen LogP contribution in [0.1, 0.15) is 49.4 Å². The Bertz CT molecular complexity index is 1650. The molecule has 6 rings (SSSR count). The molecule has 4 aromatic rings. The summed E-state index contributed by atoms with van der Waals surface area (Å²) in [6, 6.07) is 13.3. The van der Waals surface area contributed by atoms with Crippen LogP contribution in [0.25, 0.3) is 21.9 Å². The van der Waals surface area contributed by atoms with E-state index in [2.05, 4.69) is 69.3 Å². The summed E-state index contributed by atoms with van der Waals surface area (Å²) < 4.78 is 0. The molecular formula is C35H45N7O2. The molecule has 0 amide bonds. The molecule has 2 aliphatic rings. The first-order valence-electron chi connectivity index (χ1n) is 16.0. The Morgan fingerprint density at radius 1 is 0.977 bits per heavy atom. The summed E-state index contributed by atoms with van der Waals surface area (Å²) in [6.07, 6.45) is 7.23. The van der Waals surface area contributed by atoms with E-state index in [4.69, 9.17) is 9.97 Å². The van der Waals surface area contributed by atoms with E-state index in [0.29, 0.717) is 18.2 Å². The van der Waals surface area contributed by atoms with E-state index in [-0.39, 0.29) is 11.7 Å². The number of fused-ring (bicyclic) bond motifs is 1. The minimum Gasteiger partial charge on any atom is -0.393 e. The maximum absolute atomic E-state index is 12.8. The van der Waals surface area contributed by atoms with Gasteiger partial charge in [0.1, 0.15) is 11.6 Å². The number of aryl methyl sites for hydroxylation is 2. The molecule has 44 heavy (non-hydrogen) atoms. The van der Waals surface area contributed by atoms with Gasteiger partial charge in [0.2, 0.25) is 0 Å². The summed E-state index contributed by atoms with van der Waals surface area (Å²) in [7, 11) is 2.16. The zero-order chi connectivity index (χ0) is 30.8. The molecular weight excluding hydrogens is 550 g/mol. The zero-order valence-corrected chi connectivity index (χ0v) is 26.4. The lowest BCUT2D eigenvalue weighted by atomic mass is 9.90. The number of anilines is 3. The summed E-state index contributed by atoms with van der Waals surface area (Å²) in [5.74, 6) is 1.77. The molecule has 9 nitrogen and oxygen atoms in total. The molecule has 9 heteroatoms. The van der Waals surface area contributed by atoms with Gasteiger partial charge in [-0.2, -0.15) is 0 Å². The van der Waals surface area contributed by atoms with Crippen molar-refractivity contribution < 1.29 is 5.11 Å². The number of pyridine rings is 3. The molecule has 3 aromatic heterocycles. The van der Waals surface area contributed by atoms with Crippen LogP contribution < -0.4 is 20.7 Å². The third-order valence-electron chi connectivity index (χ3n) is 9.45. The van der Waals surface area contributed by atoms with Crippen molar-refractivity contribution in [2.75, 3.05) is 54.9 Å². The highest BCUT2D eigenvalue weighted by molar-refractivity contribution is 6.03. The van der Waals surface area contributed by atoms with Gasteiger partial charge in [-0.15, -0.1) is 0 Å². The number of likely N-dealkylation sites (N-methyl/N-ethyl adjacent to an activating group) is 1. The van der Waals surface area contributed by atoms with Crippen molar-refractivity contribution in [2.24, 2.45) is 0 Å². The zero-order valence-electron chi connectivity index (χ0n) is 26.4. The smallest absolute Gasteiger partial charge is 0.253 e. The number of hydrogen-bond donors (Lipinski definition) is 3. The molecule has 1 aliphatic heterocycles. The van der Waals surface area contributed by atoms with Crippen molar-refractivity contribution in [2.45, 2.75) is 65.1 Å². The number of benzene rings is 1. The van der Waals surface area contributed by atoms with E-state index in [0.717, 1.165) is 103 Å². The molecule has 0 spiro atoms. The fraction of sp³-hybridized carbons (Fsp3) is 0.457. The van der Waals surface area contributed by atoms with Gasteiger partial charge in [0, 0.05) is 91.0 Å². The van der Waals surface area contributed by atoms with Crippen molar-refractivity contribution >= 4 is 28.1 Å². The van der Waals surface area contributed by atoms with E-state index in [1.165, 1.54) is 5.69 Å². The Morgan fingerprint density at radius 3 is 2.43 bits per heavy atom. The van der Waals surface area contributed by atoms with Gasteiger partial charge in [0.05, 0.1) is 6.10 Å². The van der Waals surface area contributed by atoms with Crippen molar-refractivity contribution in [3.05, 3.63) is 76.0 Å². The number of H-pyrrole nitrogens is 1. The number of hydrogen-bond acceptors (Lipinski definition) is 8. The Hall–Kier alpha value is -3.95. The Kier molecular flexibility index (Phi) is 8.86. The van der Waals surface area contributed by atoms with Crippen LogP contribution in [0.5, 0.6) is 0 Å². The topological polar surface area (TPSA) is 101 Å². The number of aromatic amines is 1. The van der Waals surface area contributed by atoms with Gasteiger partial charge in [-0.3, -0.25) is 4.79 Å². The Morgan fingerprint density at radius 2 is 1.75 bits per heavy atom. The lowest BCUT2D eigenvalue weighted by molar-refractivity contribution is 0.122. The van der Waals surface area contributed by atoms with Gasteiger partial charge in [-0.1, -0.05) is 0 Å². The molecule has 0 atom stereocenters. The fourth-order valence-electron chi connectivity index (χ4n) is 6.86. The van der Waals surface area contributed by atoms with Crippen molar-refractivity contribution in [3.63, 3.8) is 0 Å². The molecule has 0 bridgehead atoms. The monoisotopic (exact) mass is 595 g/mol. The van der Waals surface area contributed by atoms with E-state index >= 15 is 0 Å². The van der Waals surface area contributed by atoms with Crippen LogP contribution in [0.15, 0.2) is 53.6 Å². The van der Waals surface area contributed by atoms with Gasteiger partial charge in [0.25, 0.3) is 5.56 Å². The highest BCUT2D eigenvalue weighted by Crippen LogP contribution is 2.39. The normalized spacial score (nSPS) is 19.3. The maximum Gasteiger partial charge on any atom is 0.253 e. The Balaban J connectivity index is 1.40. The van der Waals surface area contributed by atoms with Gasteiger partial charge < -0.3 is 30.1 Å². The fourth-order valence-corrected chi connectivity index (χ4v) is 6.86. The predicted molar refractivity (Wildman–Crippen MR) is 180 cm³/mol. The first kappa shape index (κ1) is 30.1. The van der Waals surface area contributed by atoms with E-state index in [1.807, 2.05) is 32.3 Å². The van der Waals surface area contributed by atoms with Gasteiger partial charge >= 0.3 is 0 Å². The average Bonchev–Trinajstić information content (AvgIpc) is 3.02. The lowest BCUT2D eigenvalue weighted by Crippen LogP contribution is -2.44. The minimum atomic E-state index is -0.202. The summed E-state index contributed by atoms with van der Waals surface area (Å²) in [6.45, 7) is 11.4. The number of aromatic nitrogens is 3. The van der Waals surface area contributed by atoms with Crippen LogP contribution in [0.4, 0.5) is 17.3 Å². The van der Waals surface area contributed by atoms with E-state index in [1.54, 1.807) is 0 Å². The number of piperazine rings is 1. The van der Waals surface area contributed by atoms with Crippen molar-refractivity contribution in [1.82, 2.24) is 19.9 Å². The molecule has 2 fully saturated rings. The van der Waals surface area contributed by atoms with Gasteiger partial charge in [-0.25, -0.2) is 9.97 Å². The van der Waals surface area contributed by atoms with Crippen LogP contribution in [0, 0.1) is 13.8 Å². The van der Waals surface area contributed by atoms with E-state index in [9.17, 15) is 9.90 Å². The molecule has 1 saturated heterocycles. The second kappa shape index (κ2) is 13.0. The second-order valence-electron chi connectivity index (χ2n) is 12.5. The SMILES string of the molecule is CCN(c1cc(-c2ccc(N3CCN(C)CC3)nc2)cc2c(NCc3c(C)cc(C)[nH]c3=O)nccc12)C1CCC(O)CC1. The summed E-state index contributed by atoms with van der Waals surface area (Å²) >= 11 is 0. The van der Waals surface area contributed by atoms with Gasteiger partial charge in [-0.05, 0) is 101 Å². The van der Waals surface area contributed by atoms with Gasteiger partial charge in [0.15, 0.2) is 0 Å². The molecule has 1 saturated carbocycles. The Labute approximate surface area is 259 Å². The molecule has 4 heterocycles. The standard InChI is InChI=1S/C35H45N7O2/c1-5-42(27-7-9-28(43)10-8-27)32-20-26(25-6-11-33(37-21-25)41-16-14-40(4)15-17-41)19-30-29(32)12-13-36-34(30)38-22-31-23(2)18-24(3)39-35(31)44/h6,11-13,18-21,27-28,43H,5,7-10,14-17,22H2,1-4H3,(H,36,38)(H,39,44). The molecule has 3 N–H and O–H groups in total. The van der Waals surface area contributed by atoms with Crippen LogP contribution in [0.3, 0.4) is 0 Å². The molecule has 1 aliphatic carbocycles. The molecule has 0 unspecified atom stereocenters. The predicted octanol–water partition coefficient (Wildman–Crippen LogP) is 5.10. The van der Waals surface area contributed by atoms with Crippen molar-refractivity contribution in [3.8, 4) is 11.1 Å². The van der Waals surface area contributed by atoms with Crippen LogP contribution in [-0.2, 0) is 6.54 Å². The third kappa shape index (κ3) is 6.30. The number of nitrogens with one attached hydrogen (secondary N) is 2. The number of aliphatic hydroxyl groups is 1. The quantitative estimate of drug-likeness (QED) is 0.259. The third-order valence-corrected chi connectivity index (χ3v) is 9.45. The van der Waals surface area contributed by atoms with Crippen LogP contribution >= 0.6 is 0 Å². The molecule has 1 aromatic carbocycles. The summed E-state index contributed by atoms with van der Waals surface area (Å²) in [4.78, 5) is 32.6. The van der Waals surface area contributed by atoms with Crippen LogP contribution in [0.2, 0.25) is 0 Å². The van der Waals surface area contributed by atoms with Crippen LogP contribution in [-0.4, -0.2) is 76.9 Å². The average molecular weight is 596 g/mol. The summed E-state index contributed by atoms with van der Waals surface area (Å²) in [5.41, 5.74) is 5.77. The summed E-state index contributed by atoms with van der Waals surface area (Å²) in [5, 5.41) is 15.9. The first-order chi connectivity index (χ1) is 21.3. The molecule has 0 radical (unpaired) electrons. The first-order valence-corrected chi connectivity index (χ1v) is 16.0. The lowest BCUT2D eigenvalue weighted by Gasteiger charge is -2.37. The second-order valence-corrected chi connectivity index (χ2v) is 12.5. The van der Waals surface area contributed by atoms with E-state index < -0.39 is 0 Å². The maximum atomic E-state index is 12.8. The molecule has 232 valence electrons. The number of aliphatic hydroxyl groups excluding tert-OH is 1. The highest BCUT2D eigenvalue weighted by Gasteiger charge is 2.26. The number of rotatable bonds is 8. The minimum absolute atomic E-state index is 0.0697. The highest BCUT2D eigenvalue weighted by atomic mass is 16.3. The number of nitrogens with zero attached hydrogens (tertiary/aromatic N) is 5.